The van der Waals surface area contributed by atoms with Gasteiger partial charge in [0.25, 0.3) is 0 Å². The standard InChI is InChI=1S/C13H24N2O/c1-13(6-2-3-7-13)15-12(16)9-11-5-4-8-14-10-11/h11,14H,2-10H2,1H3,(H,15,16). The summed E-state index contributed by atoms with van der Waals surface area (Å²) in [6, 6.07) is 0. The predicted octanol–water partition coefficient (Wildman–Crippen LogP) is 1.82. The third-order valence-electron chi connectivity index (χ3n) is 4.02. The third kappa shape index (κ3) is 3.21. The summed E-state index contributed by atoms with van der Waals surface area (Å²) in [6.45, 7) is 4.33. The molecule has 3 heteroatoms. The fourth-order valence-electron chi connectivity index (χ4n) is 3.03. The highest BCUT2D eigenvalue weighted by Crippen LogP contribution is 2.29. The van der Waals surface area contributed by atoms with Gasteiger partial charge in [0.15, 0.2) is 0 Å². The molecule has 1 unspecified atom stereocenters. The van der Waals surface area contributed by atoms with Crippen molar-refractivity contribution < 1.29 is 4.79 Å². The first-order chi connectivity index (χ1) is 7.68. The molecular weight excluding hydrogens is 200 g/mol. The maximum absolute atomic E-state index is 11.9. The zero-order valence-electron chi connectivity index (χ0n) is 10.3. The summed E-state index contributed by atoms with van der Waals surface area (Å²) >= 11 is 0. The van der Waals surface area contributed by atoms with Gasteiger partial charge in [0.05, 0.1) is 0 Å². The average Bonchev–Trinajstić information content (AvgIpc) is 2.66. The van der Waals surface area contributed by atoms with E-state index < -0.39 is 0 Å². The molecule has 2 N–H and O–H groups in total. The molecule has 1 saturated carbocycles. The Morgan fingerprint density at radius 2 is 2.12 bits per heavy atom. The molecule has 1 aliphatic heterocycles. The second-order valence-electron chi connectivity index (χ2n) is 5.73. The van der Waals surface area contributed by atoms with Gasteiger partial charge >= 0.3 is 0 Å². The molecule has 0 aromatic rings. The number of hydrogen-bond donors (Lipinski definition) is 2. The summed E-state index contributed by atoms with van der Waals surface area (Å²) in [6.07, 6.45) is 7.97. The maximum atomic E-state index is 11.9. The Balaban J connectivity index is 1.74. The largest absolute Gasteiger partial charge is 0.351 e. The van der Waals surface area contributed by atoms with Gasteiger partial charge in [-0.3, -0.25) is 4.79 Å². The van der Waals surface area contributed by atoms with Crippen LogP contribution < -0.4 is 10.6 Å². The van der Waals surface area contributed by atoms with E-state index in [0.717, 1.165) is 25.9 Å². The molecule has 0 aromatic carbocycles. The van der Waals surface area contributed by atoms with E-state index in [9.17, 15) is 4.79 Å². The number of rotatable bonds is 3. The van der Waals surface area contributed by atoms with Gasteiger partial charge < -0.3 is 10.6 Å². The van der Waals surface area contributed by atoms with Crippen molar-refractivity contribution in [3.63, 3.8) is 0 Å². The van der Waals surface area contributed by atoms with Gasteiger partial charge in [-0.15, -0.1) is 0 Å². The smallest absolute Gasteiger partial charge is 0.220 e. The SMILES string of the molecule is CC1(NC(=O)CC2CCCNC2)CCCC1. The third-order valence-corrected chi connectivity index (χ3v) is 4.02. The van der Waals surface area contributed by atoms with Crippen molar-refractivity contribution in [2.75, 3.05) is 13.1 Å². The molecule has 1 atom stereocenters. The summed E-state index contributed by atoms with van der Waals surface area (Å²) in [7, 11) is 0. The lowest BCUT2D eigenvalue weighted by molar-refractivity contribution is -0.123. The molecule has 16 heavy (non-hydrogen) atoms. The van der Waals surface area contributed by atoms with Crippen LogP contribution in [0.25, 0.3) is 0 Å². The number of carbonyl (C=O) groups is 1. The van der Waals surface area contributed by atoms with E-state index >= 15 is 0 Å². The van der Waals surface area contributed by atoms with Crippen molar-refractivity contribution >= 4 is 5.91 Å². The molecule has 1 saturated heterocycles. The first-order valence-electron chi connectivity index (χ1n) is 6.70. The normalized spacial score (nSPS) is 28.9. The molecular formula is C13H24N2O. The molecule has 1 amide bonds. The monoisotopic (exact) mass is 224 g/mol. The molecule has 92 valence electrons. The van der Waals surface area contributed by atoms with Crippen LogP contribution in [0.1, 0.15) is 51.9 Å². The highest BCUT2D eigenvalue weighted by atomic mass is 16.1. The van der Waals surface area contributed by atoms with Crippen molar-refractivity contribution in [2.24, 2.45) is 5.92 Å². The van der Waals surface area contributed by atoms with Crippen LogP contribution in [0.2, 0.25) is 0 Å². The summed E-state index contributed by atoms with van der Waals surface area (Å²) < 4.78 is 0. The minimum atomic E-state index is 0.0964. The lowest BCUT2D eigenvalue weighted by atomic mass is 9.94. The number of nitrogens with one attached hydrogen (secondary N) is 2. The number of amides is 1. The van der Waals surface area contributed by atoms with Gasteiger partial charge in [0.2, 0.25) is 5.91 Å². The first-order valence-corrected chi connectivity index (χ1v) is 6.70. The van der Waals surface area contributed by atoms with Crippen molar-refractivity contribution in [3.05, 3.63) is 0 Å². The molecule has 1 heterocycles. The molecule has 1 aliphatic carbocycles. The molecule has 2 fully saturated rings. The second-order valence-corrected chi connectivity index (χ2v) is 5.73. The Morgan fingerprint density at radius 1 is 1.38 bits per heavy atom. The second kappa shape index (κ2) is 5.17. The van der Waals surface area contributed by atoms with E-state index in [2.05, 4.69) is 17.6 Å². The van der Waals surface area contributed by atoms with Crippen LogP contribution in [0.15, 0.2) is 0 Å². The van der Waals surface area contributed by atoms with E-state index in [-0.39, 0.29) is 11.4 Å². The Labute approximate surface area is 98.4 Å². The van der Waals surface area contributed by atoms with Gasteiger partial charge in [-0.1, -0.05) is 12.8 Å². The summed E-state index contributed by atoms with van der Waals surface area (Å²) in [5, 5.41) is 6.60. The molecule has 0 radical (unpaired) electrons. The first kappa shape index (κ1) is 11.9. The van der Waals surface area contributed by atoms with Gasteiger partial charge in [-0.05, 0) is 51.6 Å². The predicted molar refractivity (Wildman–Crippen MR) is 65.2 cm³/mol. The van der Waals surface area contributed by atoms with Crippen LogP contribution in [0.3, 0.4) is 0 Å². The lowest BCUT2D eigenvalue weighted by Gasteiger charge is -2.28. The van der Waals surface area contributed by atoms with Crippen LogP contribution in [-0.2, 0) is 4.79 Å². The van der Waals surface area contributed by atoms with Crippen molar-refractivity contribution in [1.82, 2.24) is 10.6 Å². The molecule has 0 spiro atoms. The van der Waals surface area contributed by atoms with E-state index in [1.54, 1.807) is 0 Å². The summed E-state index contributed by atoms with van der Waals surface area (Å²) in [5.41, 5.74) is 0.0964. The Hall–Kier alpha value is -0.570. The zero-order chi connectivity index (χ0) is 11.4. The molecule has 0 aromatic heterocycles. The van der Waals surface area contributed by atoms with E-state index in [1.165, 1.54) is 25.7 Å². The van der Waals surface area contributed by atoms with Crippen LogP contribution in [0.5, 0.6) is 0 Å². The van der Waals surface area contributed by atoms with Gasteiger partial charge in [0, 0.05) is 12.0 Å². The van der Waals surface area contributed by atoms with Crippen LogP contribution in [0, 0.1) is 5.92 Å². The van der Waals surface area contributed by atoms with Crippen molar-refractivity contribution in [1.29, 1.82) is 0 Å². The lowest BCUT2D eigenvalue weighted by Crippen LogP contribution is -2.45. The van der Waals surface area contributed by atoms with Gasteiger partial charge in [0.1, 0.15) is 0 Å². The molecule has 3 nitrogen and oxygen atoms in total. The molecule has 2 rings (SSSR count). The topological polar surface area (TPSA) is 41.1 Å². The van der Waals surface area contributed by atoms with Crippen LogP contribution in [0.4, 0.5) is 0 Å². The minimum Gasteiger partial charge on any atom is -0.351 e. The summed E-state index contributed by atoms with van der Waals surface area (Å²) in [5.74, 6) is 0.817. The minimum absolute atomic E-state index is 0.0964. The van der Waals surface area contributed by atoms with Gasteiger partial charge in [-0.2, -0.15) is 0 Å². The Morgan fingerprint density at radius 3 is 2.75 bits per heavy atom. The Kier molecular flexibility index (Phi) is 3.85. The fourth-order valence-corrected chi connectivity index (χ4v) is 3.03. The van der Waals surface area contributed by atoms with E-state index in [0.29, 0.717) is 12.3 Å². The maximum Gasteiger partial charge on any atom is 0.220 e. The quantitative estimate of drug-likeness (QED) is 0.768. The highest BCUT2D eigenvalue weighted by Gasteiger charge is 2.30. The number of hydrogen-bond acceptors (Lipinski definition) is 2. The van der Waals surface area contributed by atoms with Crippen LogP contribution >= 0.6 is 0 Å². The molecule has 2 aliphatic rings. The van der Waals surface area contributed by atoms with Crippen LogP contribution in [-0.4, -0.2) is 24.5 Å². The van der Waals surface area contributed by atoms with Crippen molar-refractivity contribution in [2.45, 2.75) is 57.4 Å². The van der Waals surface area contributed by atoms with Gasteiger partial charge in [-0.25, -0.2) is 0 Å². The highest BCUT2D eigenvalue weighted by molar-refractivity contribution is 5.77. The number of carbonyl (C=O) groups excluding carboxylic acids is 1. The van der Waals surface area contributed by atoms with E-state index in [4.69, 9.17) is 0 Å². The zero-order valence-corrected chi connectivity index (χ0v) is 10.3. The molecule has 0 bridgehead atoms. The summed E-state index contributed by atoms with van der Waals surface area (Å²) in [4.78, 5) is 11.9. The Bertz CT molecular complexity index is 240. The fraction of sp³-hybridized carbons (Fsp3) is 0.923. The van der Waals surface area contributed by atoms with E-state index in [1.807, 2.05) is 0 Å². The number of piperidine rings is 1. The van der Waals surface area contributed by atoms with Crippen molar-refractivity contribution in [3.8, 4) is 0 Å². The average molecular weight is 224 g/mol.